The largest absolute Gasteiger partial charge is 0.493 e. The van der Waals surface area contributed by atoms with Crippen molar-refractivity contribution < 1.29 is 14.3 Å². The lowest BCUT2D eigenvalue weighted by molar-refractivity contribution is -0.120. The summed E-state index contributed by atoms with van der Waals surface area (Å²) in [6, 6.07) is 3.12. The number of fused-ring (bicyclic) bond motifs is 1. The number of carbonyl (C=O) groups excluding carboxylic acids is 1. The van der Waals surface area contributed by atoms with Crippen molar-refractivity contribution in [3.63, 3.8) is 0 Å². The highest BCUT2D eigenvalue weighted by Crippen LogP contribution is 2.39. The van der Waals surface area contributed by atoms with E-state index in [4.69, 9.17) is 15.2 Å². The van der Waals surface area contributed by atoms with Gasteiger partial charge in [-0.25, -0.2) is 4.99 Å². The monoisotopic (exact) mass is 275 g/mol. The van der Waals surface area contributed by atoms with Gasteiger partial charge >= 0.3 is 0 Å². The highest BCUT2D eigenvalue weighted by Gasteiger charge is 2.32. The lowest BCUT2D eigenvalue weighted by Gasteiger charge is -2.14. The Morgan fingerprint density at radius 3 is 3.00 bits per heavy atom. The van der Waals surface area contributed by atoms with Gasteiger partial charge in [-0.2, -0.15) is 0 Å². The van der Waals surface area contributed by atoms with Crippen LogP contribution < -0.4 is 20.5 Å². The quantitative estimate of drug-likeness (QED) is 0.858. The first-order valence-corrected chi connectivity index (χ1v) is 6.69. The molecule has 0 bridgehead atoms. The van der Waals surface area contributed by atoms with E-state index >= 15 is 0 Å². The van der Waals surface area contributed by atoms with Crippen molar-refractivity contribution >= 4 is 11.9 Å². The van der Waals surface area contributed by atoms with Crippen molar-refractivity contribution in [2.75, 3.05) is 6.61 Å². The molecule has 0 spiro atoms. The molecule has 1 amide bonds. The summed E-state index contributed by atoms with van der Waals surface area (Å²) in [6.45, 7) is 4.44. The number of aliphatic imine (C=N–C) groups is 1. The Labute approximate surface area is 117 Å². The molecule has 0 saturated carbocycles. The molecule has 2 aliphatic heterocycles. The minimum Gasteiger partial charge on any atom is -0.493 e. The van der Waals surface area contributed by atoms with Gasteiger partial charge < -0.3 is 15.2 Å². The van der Waals surface area contributed by atoms with Crippen LogP contribution in [0.25, 0.3) is 0 Å². The summed E-state index contributed by atoms with van der Waals surface area (Å²) in [5.74, 6) is 1.36. The van der Waals surface area contributed by atoms with Gasteiger partial charge in [0.15, 0.2) is 12.0 Å². The van der Waals surface area contributed by atoms with E-state index in [9.17, 15) is 4.79 Å². The van der Waals surface area contributed by atoms with Crippen LogP contribution in [0, 0.1) is 0 Å². The number of rotatable bonds is 3. The molecule has 20 heavy (non-hydrogen) atoms. The van der Waals surface area contributed by atoms with Gasteiger partial charge in [-0.05, 0) is 26.0 Å². The van der Waals surface area contributed by atoms with E-state index in [1.165, 1.54) is 0 Å². The molecule has 0 saturated heterocycles. The fraction of sp³-hybridized carbons (Fsp3) is 0.429. The van der Waals surface area contributed by atoms with E-state index in [0.29, 0.717) is 17.9 Å². The van der Waals surface area contributed by atoms with Gasteiger partial charge in [0.05, 0.1) is 6.61 Å². The number of guanidine groups is 1. The fourth-order valence-electron chi connectivity index (χ4n) is 2.58. The first-order valence-electron chi connectivity index (χ1n) is 6.69. The zero-order valence-electron chi connectivity index (χ0n) is 11.5. The highest BCUT2D eigenvalue weighted by molar-refractivity contribution is 6.04. The second-order valence-electron chi connectivity index (χ2n) is 4.97. The average molecular weight is 275 g/mol. The van der Waals surface area contributed by atoms with Crippen LogP contribution in [0.1, 0.15) is 31.0 Å². The minimum absolute atomic E-state index is 0.136. The molecule has 2 aliphatic rings. The molecule has 0 fully saturated rings. The second kappa shape index (κ2) is 4.70. The Morgan fingerprint density at radius 2 is 2.35 bits per heavy atom. The number of nitrogens with one attached hydrogen (secondary N) is 1. The van der Waals surface area contributed by atoms with Gasteiger partial charge in [0, 0.05) is 17.5 Å². The number of amides is 1. The Balaban J connectivity index is 2.05. The topological polar surface area (TPSA) is 85.9 Å². The van der Waals surface area contributed by atoms with Gasteiger partial charge in [0.1, 0.15) is 17.6 Å². The molecule has 0 aromatic heterocycles. The normalized spacial score (nSPS) is 23.9. The van der Waals surface area contributed by atoms with Gasteiger partial charge in [0.25, 0.3) is 5.91 Å². The Bertz CT molecular complexity index is 598. The van der Waals surface area contributed by atoms with E-state index in [1.54, 1.807) is 0 Å². The maximum absolute atomic E-state index is 11.9. The molecule has 1 aromatic carbocycles. The molecule has 1 aromatic rings. The zero-order chi connectivity index (χ0) is 14.3. The van der Waals surface area contributed by atoms with E-state index in [0.717, 1.165) is 17.7 Å². The Morgan fingerprint density at radius 1 is 1.55 bits per heavy atom. The van der Waals surface area contributed by atoms with Crippen LogP contribution in [0.5, 0.6) is 11.5 Å². The van der Waals surface area contributed by atoms with Gasteiger partial charge in [-0.3, -0.25) is 10.1 Å². The summed E-state index contributed by atoms with van der Waals surface area (Å²) in [6.07, 6.45) is 0.985. The molecule has 0 aliphatic carbocycles. The third kappa shape index (κ3) is 2.07. The number of benzene rings is 1. The summed E-state index contributed by atoms with van der Waals surface area (Å²) < 4.78 is 11.4. The van der Waals surface area contributed by atoms with Crippen molar-refractivity contribution in [1.82, 2.24) is 5.32 Å². The summed E-state index contributed by atoms with van der Waals surface area (Å²) in [4.78, 5) is 16.0. The number of hydrogen-bond acceptors (Lipinski definition) is 5. The zero-order valence-corrected chi connectivity index (χ0v) is 11.5. The molecule has 6 heteroatoms. The molecule has 0 radical (unpaired) electrons. The standard InChI is InChI=1S/C14H17N3O3/c1-3-19-11-5-8-4-7(2)20-10(8)6-9(11)12-13(18)17-14(15)16-12/h5-7,12H,3-4H2,1-2H3,(H3,15,16,17,18). The lowest BCUT2D eigenvalue weighted by atomic mass is 10.0. The molecule has 2 atom stereocenters. The highest BCUT2D eigenvalue weighted by atomic mass is 16.5. The fourth-order valence-corrected chi connectivity index (χ4v) is 2.58. The van der Waals surface area contributed by atoms with Gasteiger partial charge in [0.2, 0.25) is 0 Å². The average Bonchev–Trinajstić information content (AvgIpc) is 2.89. The first kappa shape index (κ1) is 12.8. The maximum Gasteiger partial charge on any atom is 0.256 e. The molecule has 106 valence electrons. The van der Waals surface area contributed by atoms with Crippen molar-refractivity contribution in [2.45, 2.75) is 32.4 Å². The number of carbonyl (C=O) groups is 1. The number of nitrogens with zero attached hydrogens (tertiary/aromatic N) is 1. The predicted octanol–water partition coefficient (Wildman–Crippen LogP) is 0.894. The number of hydrogen-bond donors (Lipinski definition) is 2. The number of ether oxygens (including phenoxy) is 2. The van der Waals surface area contributed by atoms with Crippen LogP contribution >= 0.6 is 0 Å². The molecule has 6 nitrogen and oxygen atoms in total. The lowest BCUT2D eigenvalue weighted by Crippen LogP contribution is -2.31. The maximum atomic E-state index is 11.9. The SMILES string of the molecule is CCOc1cc2c(cc1C1N=C(N)NC1=O)OC(C)C2. The van der Waals surface area contributed by atoms with Crippen molar-refractivity contribution in [3.8, 4) is 11.5 Å². The van der Waals surface area contributed by atoms with Crippen molar-refractivity contribution in [1.29, 1.82) is 0 Å². The minimum atomic E-state index is -0.665. The first-order chi connectivity index (χ1) is 9.58. The van der Waals surface area contributed by atoms with Crippen LogP contribution in [0.4, 0.5) is 0 Å². The third-order valence-corrected chi connectivity index (χ3v) is 3.39. The number of nitrogens with two attached hydrogens (primary N) is 1. The molecule has 2 unspecified atom stereocenters. The van der Waals surface area contributed by atoms with Crippen LogP contribution in [0.3, 0.4) is 0 Å². The van der Waals surface area contributed by atoms with Crippen LogP contribution in [0.15, 0.2) is 17.1 Å². The van der Waals surface area contributed by atoms with Crippen LogP contribution in [-0.2, 0) is 11.2 Å². The van der Waals surface area contributed by atoms with Crippen LogP contribution in [0.2, 0.25) is 0 Å². The second-order valence-corrected chi connectivity index (χ2v) is 4.97. The summed E-state index contributed by atoms with van der Waals surface area (Å²) in [5, 5.41) is 2.50. The van der Waals surface area contributed by atoms with Gasteiger partial charge in [-0.15, -0.1) is 0 Å². The summed E-state index contributed by atoms with van der Waals surface area (Å²) in [5.41, 5.74) is 7.35. The summed E-state index contributed by atoms with van der Waals surface area (Å²) >= 11 is 0. The van der Waals surface area contributed by atoms with E-state index < -0.39 is 6.04 Å². The van der Waals surface area contributed by atoms with Gasteiger partial charge in [-0.1, -0.05) is 0 Å². The molecular formula is C14H17N3O3. The van der Waals surface area contributed by atoms with Crippen molar-refractivity contribution in [3.05, 3.63) is 23.3 Å². The van der Waals surface area contributed by atoms with E-state index in [2.05, 4.69) is 10.3 Å². The molecular weight excluding hydrogens is 258 g/mol. The molecule has 3 N–H and O–H groups in total. The smallest absolute Gasteiger partial charge is 0.256 e. The molecule has 2 heterocycles. The Hall–Kier alpha value is -2.24. The summed E-state index contributed by atoms with van der Waals surface area (Å²) in [7, 11) is 0. The Kier molecular flexibility index (Phi) is 3.00. The predicted molar refractivity (Wildman–Crippen MR) is 73.9 cm³/mol. The van der Waals surface area contributed by atoms with E-state index in [1.807, 2.05) is 26.0 Å². The van der Waals surface area contributed by atoms with E-state index in [-0.39, 0.29) is 18.0 Å². The third-order valence-electron chi connectivity index (χ3n) is 3.39. The van der Waals surface area contributed by atoms with Crippen molar-refractivity contribution in [2.24, 2.45) is 10.7 Å². The molecule has 3 rings (SSSR count). The van der Waals surface area contributed by atoms with Crippen LogP contribution in [-0.4, -0.2) is 24.6 Å².